The van der Waals surface area contributed by atoms with Gasteiger partial charge < -0.3 is 15.9 Å². The molecule has 1 aliphatic rings. The number of hydrogen-bond acceptors (Lipinski definition) is 4. The Morgan fingerprint density at radius 2 is 1.74 bits per heavy atom. The van der Waals surface area contributed by atoms with E-state index in [9.17, 15) is 13.6 Å². The molecule has 0 spiro atoms. The van der Waals surface area contributed by atoms with Gasteiger partial charge in [0.1, 0.15) is 24.4 Å². The number of aromatic nitrogens is 1. The van der Waals surface area contributed by atoms with Crippen molar-refractivity contribution < 1.29 is 18.4 Å². The number of amides is 1. The number of nitrogens with two attached hydrogens (primary N) is 1. The largest absolute Gasteiger partial charge is 0.397 e. The maximum atomic E-state index is 14.0. The number of carbonyl (C=O) groups excluding carboxylic acids is 1. The van der Waals surface area contributed by atoms with Crippen molar-refractivity contribution in [3.63, 3.8) is 0 Å². The SMILES string of the molecule is CO/N=C(\N)c1ccc(CNC=O)cn1.Cc1ccc2c(c1)Cc1cc(-c3ccc(F)cc3F)ccc1C2. The first-order valence-corrected chi connectivity index (χ1v) is 12.0. The molecule has 3 N–H and O–H groups in total. The van der Waals surface area contributed by atoms with E-state index in [1.54, 1.807) is 18.3 Å². The minimum absolute atomic E-state index is 0.215. The van der Waals surface area contributed by atoms with Crippen molar-refractivity contribution in [3.05, 3.63) is 124 Å². The Labute approximate surface area is 220 Å². The number of halogens is 2. The lowest BCUT2D eigenvalue weighted by Crippen LogP contribution is -2.16. The minimum Gasteiger partial charge on any atom is -0.397 e. The highest BCUT2D eigenvalue weighted by atomic mass is 19.1. The van der Waals surface area contributed by atoms with Crippen LogP contribution < -0.4 is 11.1 Å². The first-order chi connectivity index (χ1) is 18.4. The van der Waals surface area contributed by atoms with E-state index in [0.717, 1.165) is 30.0 Å². The summed E-state index contributed by atoms with van der Waals surface area (Å²) >= 11 is 0. The summed E-state index contributed by atoms with van der Waals surface area (Å²) in [6.07, 6.45) is 4.03. The summed E-state index contributed by atoms with van der Waals surface area (Å²) in [6, 6.07) is 19.9. The third kappa shape index (κ3) is 6.39. The number of hydrogen-bond donors (Lipinski definition) is 2. The van der Waals surface area contributed by atoms with E-state index in [-0.39, 0.29) is 5.84 Å². The first-order valence-electron chi connectivity index (χ1n) is 12.0. The zero-order valence-electron chi connectivity index (χ0n) is 21.2. The lowest BCUT2D eigenvalue weighted by molar-refractivity contribution is -0.109. The monoisotopic (exact) mass is 514 g/mol. The Morgan fingerprint density at radius 1 is 1.00 bits per heavy atom. The van der Waals surface area contributed by atoms with Crippen molar-refractivity contribution in [2.45, 2.75) is 26.3 Å². The van der Waals surface area contributed by atoms with Gasteiger partial charge in [0.05, 0.1) is 0 Å². The first kappa shape index (κ1) is 26.5. The van der Waals surface area contributed by atoms with Gasteiger partial charge in [0.15, 0.2) is 5.84 Å². The van der Waals surface area contributed by atoms with Crippen molar-refractivity contribution in [3.8, 4) is 11.1 Å². The molecule has 6 nitrogen and oxygen atoms in total. The Balaban J connectivity index is 0.000000196. The molecular weight excluding hydrogens is 486 g/mol. The molecule has 3 aromatic carbocycles. The second-order valence-corrected chi connectivity index (χ2v) is 8.94. The van der Waals surface area contributed by atoms with Gasteiger partial charge >= 0.3 is 0 Å². The highest BCUT2D eigenvalue weighted by Crippen LogP contribution is 2.32. The highest BCUT2D eigenvalue weighted by Gasteiger charge is 2.17. The van der Waals surface area contributed by atoms with Crippen LogP contribution in [0.3, 0.4) is 0 Å². The number of amidine groups is 1. The lowest BCUT2D eigenvalue weighted by Gasteiger charge is -2.21. The smallest absolute Gasteiger partial charge is 0.207 e. The van der Waals surface area contributed by atoms with E-state index in [4.69, 9.17) is 5.73 Å². The van der Waals surface area contributed by atoms with Crippen molar-refractivity contribution in [1.82, 2.24) is 10.3 Å². The van der Waals surface area contributed by atoms with Crippen LogP contribution in [-0.4, -0.2) is 24.3 Å². The fraction of sp³-hybridized carbons (Fsp3) is 0.167. The topological polar surface area (TPSA) is 89.6 Å². The number of fused-ring (bicyclic) bond motifs is 2. The molecule has 0 bridgehead atoms. The van der Waals surface area contributed by atoms with Crippen LogP contribution in [0.4, 0.5) is 8.78 Å². The van der Waals surface area contributed by atoms with Crippen LogP contribution in [0.1, 0.15) is 39.1 Å². The fourth-order valence-electron chi connectivity index (χ4n) is 4.34. The van der Waals surface area contributed by atoms with Crippen molar-refractivity contribution >= 4 is 12.2 Å². The van der Waals surface area contributed by atoms with Gasteiger partial charge in [-0.3, -0.25) is 9.78 Å². The second-order valence-electron chi connectivity index (χ2n) is 8.94. The molecule has 194 valence electrons. The van der Waals surface area contributed by atoms with Gasteiger partial charge in [0.25, 0.3) is 0 Å². The Morgan fingerprint density at radius 3 is 2.42 bits per heavy atom. The average molecular weight is 515 g/mol. The van der Waals surface area contributed by atoms with E-state index in [2.05, 4.69) is 51.5 Å². The van der Waals surface area contributed by atoms with Gasteiger partial charge in [0.2, 0.25) is 6.41 Å². The second kappa shape index (κ2) is 12.1. The van der Waals surface area contributed by atoms with E-state index in [1.807, 2.05) is 12.1 Å². The van der Waals surface area contributed by atoms with Crippen LogP contribution >= 0.6 is 0 Å². The molecule has 8 heteroatoms. The number of aryl methyl sites for hydroxylation is 1. The van der Waals surface area contributed by atoms with Crippen LogP contribution in [0.15, 0.2) is 78.1 Å². The maximum absolute atomic E-state index is 14.0. The van der Waals surface area contributed by atoms with E-state index >= 15 is 0 Å². The van der Waals surface area contributed by atoms with E-state index < -0.39 is 11.6 Å². The van der Waals surface area contributed by atoms with Gasteiger partial charge in [-0.1, -0.05) is 53.2 Å². The average Bonchev–Trinajstić information content (AvgIpc) is 2.91. The van der Waals surface area contributed by atoms with E-state index in [1.165, 1.54) is 47.1 Å². The fourth-order valence-corrected chi connectivity index (χ4v) is 4.34. The summed E-state index contributed by atoms with van der Waals surface area (Å²) in [7, 11) is 1.41. The third-order valence-electron chi connectivity index (χ3n) is 6.24. The van der Waals surface area contributed by atoms with Gasteiger partial charge in [-0.25, -0.2) is 8.78 Å². The van der Waals surface area contributed by atoms with Crippen LogP contribution in [0.2, 0.25) is 0 Å². The van der Waals surface area contributed by atoms with Gasteiger partial charge in [-0.2, -0.15) is 0 Å². The molecule has 0 aliphatic heterocycles. The number of pyridine rings is 1. The minimum atomic E-state index is -0.548. The van der Waals surface area contributed by atoms with Crippen LogP contribution in [0, 0.1) is 18.6 Å². The van der Waals surface area contributed by atoms with Gasteiger partial charge in [0, 0.05) is 24.4 Å². The molecule has 0 unspecified atom stereocenters. The molecule has 1 aliphatic carbocycles. The van der Waals surface area contributed by atoms with Crippen LogP contribution in [-0.2, 0) is 29.0 Å². The van der Waals surface area contributed by atoms with Crippen molar-refractivity contribution in [2.75, 3.05) is 7.11 Å². The summed E-state index contributed by atoms with van der Waals surface area (Å²) in [5.41, 5.74) is 14.7. The van der Waals surface area contributed by atoms with Crippen molar-refractivity contribution in [2.24, 2.45) is 10.9 Å². The molecule has 0 saturated carbocycles. The number of nitrogens with zero attached hydrogens (tertiary/aromatic N) is 2. The maximum Gasteiger partial charge on any atom is 0.207 e. The number of carbonyl (C=O) groups is 1. The van der Waals surface area contributed by atoms with Crippen LogP contribution in [0.25, 0.3) is 11.1 Å². The van der Waals surface area contributed by atoms with Crippen molar-refractivity contribution in [1.29, 1.82) is 0 Å². The predicted molar refractivity (Wildman–Crippen MR) is 143 cm³/mol. The summed E-state index contributed by atoms with van der Waals surface area (Å²) in [6.45, 7) is 2.54. The molecular formula is C30H28F2N4O2. The van der Waals surface area contributed by atoms with Gasteiger partial charge in [-0.15, -0.1) is 0 Å². The summed E-state index contributed by atoms with van der Waals surface area (Å²) in [5, 5.41) is 6.08. The van der Waals surface area contributed by atoms with Gasteiger partial charge in [-0.05, 0) is 71.3 Å². The molecule has 5 rings (SSSR count). The molecule has 1 aromatic heterocycles. The highest BCUT2D eigenvalue weighted by molar-refractivity contribution is 5.95. The Kier molecular flexibility index (Phi) is 8.43. The summed E-state index contributed by atoms with van der Waals surface area (Å²) in [4.78, 5) is 18.6. The zero-order valence-corrected chi connectivity index (χ0v) is 21.2. The molecule has 0 radical (unpaired) electrons. The lowest BCUT2D eigenvalue weighted by atomic mass is 9.84. The molecule has 4 aromatic rings. The predicted octanol–water partition coefficient (Wildman–Crippen LogP) is 5.03. The van der Waals surface area contributed by atoms with Crippen LogP contribution in [0.5, 0.6) is 0 Å². The normalized spacial score (nSPS) is 11.9. The Hall–Kier alpha value is -4.59. The summed E-state index contributed by atoms with van der Waals surface area (Å²) < 4.78 is 27.1. The molecule has 0 saturated heterocycles. The molecule has 0 atom stereocenters. The standard InChI is InChI=1S/C21H16F2.C9H12N4O2/c1-13-2-3-14-9-15-4-5-16(10-18(15)11-17(14)8-13)20-7-6-19(22)12-21(20)23;1-15-13-9(10)8-3-2-7(5-12-8)4-11-6-14/h2-8,10,12H,9,11H2,1H3;2-3,5-6H,4H2,1H3,(H2,10,13)(H,11,14). The zero-order chi connectivity index (χ0) is 27.1. The Bertz CT molecular complexity index is 1470. The molecule has 1 amide bonds. The molecule has 0 fully saturated rings. The third-order valence-corrected chi connectivity index (χ3v) is 6.24. The molecule has 1 heterocycles. The quantitative estimate of drug-likeness (QED) is 0.144. The number of rotatable bonds is 6. The summed E-state index contributed by atoms with van der Waals surface area (Å²) in [5.74, 6) is -0.849. The molecule has 38 heavy (non-hydrogen) atoms. The number of oxime groups is 1. The number of benzene rings is 3. The van der Waals surface area contributed by atoms with E-state index in [0.29, 0.717) is 24.2 Å². The number of nitrogens with one attached hydrogen (secondary N) is 1.